The first-order valence-corrected chi connectivity index (χ1v) is 8.69. The van der Waals surface area contributed by atoms with Crippen LogP contribution in [0.2, 0.25) is 0 Å². The number of carbonyl (C=O) groups is 1. The predicted molar refractivity (Wildman–Crippen MR) is 98.5 cm³/mol. The van der Waals surface area contributed by atoms with Crippen LogP contribution in [0.15, 0.2) is 35.3 Å². The summed E-state index contributed by atoms with van der Waals surface area (Å²) in [5.74, 6) is -0.773. The lowest BCUT2D eigenvalue weighted by molar-refractivity contribution is -0.117. The molecule has 1 saturated heterocycles. The van der Waals surface area contributed by atoms with Crippen molar-refractivity contribution in [3.63, 3.8) is 0 Å². The van der Waals surface area contributed by atoms with Gasteiger partial charge in [-0.3, -0.25) is 14.2 Å². The number of rotatable bonds is 4. The molecule has 0 saturated carbocycles. The Labute approximate surface area is 151 Å². The number of carbonyl (C=O) groups excluding carboxylic acids is 1. The summed E-state index contributed by atoms with van der Waals surface area (Å²) in [6.45, 7) is 1.40. The molecule has 1 aromatic carbocycles. The molecule has 1 amide bonds. The van der Waals surface area contributed by atoms with Crippen LogP contribution in [-0.2, 0) is 4.79 Å². The molecular formula is C18H19F2N2O3P. The zero-order chi connectivity index (χ0) is 19.0. The molecule has 3 rings (SSSR count). The van der Waals surface area contributed by atoms with E-state index in [9.17, 15) is 18.4 Å². The zero-order valence-electron chi connectivity index (χ0n) is 14.4. The molecule has 1 aromatic heterocycles. The molecule has 26 heavy (non-hydrogen) atoms. The van der Waals surface area contributed by atoms with Crippen molar-refractivity contribution < 1.29 is 18.3 Å². The largest absolute Gasteiger partial charge is 0.497 e. The van der Waals surface area contributed by atoms with E-state index in [0.29, 0.717) is 16.6 Å². The van der Waals surface area contributed by atoms with Crippen LogP contribution in [0, 0.1) is 5.82 Å². The Kier molecular flexibility index (Phi) is 5.10. The van der Waals surface area contributed by atoms with Crippen LogP contribution in [0.4, 0.5) is 14.5 Å². The standard InChI is InChI=1S/C18H19F2N2O3P/c1-10(19)21-5-3-4-14(18(21)24)22-9-11(6-16(22)23)17-13(20)7-12(25-2)8-15(17)26/h3-5,7-8,10-11H,6,9,26H2,1-2H3/t10?,11-/m0/s1. The van der Waals surface area contributed by atoms with E-state index in [2.05, 4.69) is 9.24 Å². The number of ether oxygens (including phenoxy) is 1. The van der Waals surface area contributed by atoms with Gasteiger partial charge in [0.1, 0.15) is 17.3 Å². The van der Waals surface area contributed by atoms with Gasteiger partial charge in [-0.1, -0.05) is 0 Å². The Balaban J connectivity index is 1.96. The van der Waals surface area contributed by atoms with Crippen molar-refractivity contribution >= 4 is 26.1 Å². The first-order valence-electron chi connectivity index (χ1n) is 8.12. The summed E-state index contributed by atoms with van der Waals surface area (Å²) >= 11 is 0. The third-order valence-electron chi connectivity index (χ3n) is 4.53. The average molecular weight is 380 g/mol. The van der Waals surface area contributed by atoms with Gasteiger partial charge in [-0.15, -0.1) is 9.24 Å². The molecule has 0 bridgehead atoms. The quantitative estimate of drug-likeness (QED) is 0.766. The van der Waals surface area contributed by atoms with E-state index in [4.69, 9.17) is 4.74 Å². The van der Waals surface area contributed by atoms with E-state index in [1.807, 2.05) is 0 Å². The highest BCUT2D eigenvalue weighted by molar-refractivity contribution is 7.27. The molecule has 1 aliphatic rings. The Bertz CT molecular complexity index is 891. The monoisotopic (exact) mass is 380 g/mol. The summed E-state index contributed by atoms with van der Waals surface area (Å²) in [4.78, 5) is 26.2. The number of methoxy groups -OCH3 is 1. The fourth-order valence-electron chi connectivity index (χ4n) is 3.28. The van der Waals surface area contributed by atoms with Gasteiger partial charge in [0.15, 0.2) is 6.30 Å². The summed E-state index contributed by atoms with van der Waals surface area (Å²) in [5, 5.41) is 0.601. The van der Waals surface area contributed by atoms with Gasteiger partial charge in [0, 0.05) is 36.7 Å². The number of amides is 1. The van der Waals surface area contributed by atoms with E-state index in [0.717, 1.165) is 4.57 Å². The molecular weight excluding hydrogens is 361 g/mol. The lowest BCUT2D eigenvalue weighted by Gasteiger charge is -2.19. The van der Waals surface area contributed by atoms with Gasteiger partial charge in [0.25, 0.3) is 5.56 Å². The summed E-state index contributed by atoms with van der Waals surface area (Å²) in [7, 11) is 3.90. The van der Waals surface area contributed by atoms with Gasteiger partial charge in [-0.25, -0.2) is 8.78 Å². The Morgan fingerprint density at radius 3 is 2.69 bits per heavy atom. The minimum Gasteiger partial charge on any atom is -0.497 e. The molecule has 0 spiro atoms. The van der Waals surface area contributed by atoms with Crippen molar-refractivity contribution in [2.24, 2.45) is 0 Å². The van der Waals surface area contributed by atoms with Crippen LogP contribution < -0.4 is 20.5 Å². The minimum atomic E-state index is -1.51. The van der Waals surface area contributed by atoms with Gasteiger partial charge in [-0.2, -0.15) is 0 Å². The van der Waals surface area contributed by atoms with Crippen molar-refractivity contribution in [1.82, 2.24) is 4.57 Å². The molecule has 1 aliphatic heterocycles. The van der Waals surface area contributed by atoms with Crippen molar-refractivity contribution in [3.05, 3.63) is 52.2 Å². The molecule has 5 nitrogen and oxygen atoms in total. The van der Waals surface area contributed by atoms with Crippen LogP contribution in [0.5, 0.6) is 5.75 Å². The molecule has 2 aromatic rings. The van der Waals surface area contributed by atoms with E-state index in [1.54, 1.807) is 6.07 Å². The molecule has 3 atom stereocenters. The van der Waals surface area contributed by atoms with E-state index >= 15 is 0 Å². The lowest BCUT2D eigenvalue weighted by Crippen LogP contribution is -2.33. The normalized spacial score (nSPS) is 18.3. The first-order chi connectivity index (χ1) is 12.3. The van der Waals surface area contributed by atoms with Crippen LogP contribution >= 0.6 is 9.24 Å². The van der Waals surface area contributed by atoms with E-state index in [-0.39, 0.29) is 24.6 Å². The van der Waals surface area contributed by atoms with Gasteiger partial charge in [0.2, 0.25) is 5.91 Å². The highest BCUT2D eigenvalue weighted by atomic mass is 31.0. The van der Waals surface area contributed by atoms with Gasteiger partial charge in [-0.05, 0) is 30.4 Å². The smallest absolute Gasteiger partial charge is 0.276 e. The van der Waals surface area contributed by atoms with Gasteiger partial charge >= 0.3 is 0 Å². The Morgan fingerprint density at radius 1 is 1.35 bits per heavy atom. The Hall–Kier alpha value is -2.27. The van der Waals surface area contributed by atoms with Crippen molar-refractivity contribution in [1.29, 1.82) is 0 Å². The van der Waals surface area contributed by atoms with Crippen molar-refractivity contribution in [2.45, 2.75) is 25.6 Å². The summed E-state index contributed by atoms with van der Waals surface area (Å²) in [5.41, 5.74) is -0.0803. The molecule has 138 valence electrons. The van der Waals surface area contributed by atoms with Crippen molar-refractivity contribution in [2.75, 3.05) is 18.6 Å². The van der Waals surface area contributed by atoms with Crippen molar-refractivity contribution in [3.8, 4) is 5.75 Å². The molecule has 0 radical (unpaired) electrons. The number of aromatic nitrogens is 1. The second-order valence-electron chi connectivity index (χ2n) is 6.20. The molecule has 2 heterocycles. The average Bonchev–Trinajstić information content (AvgIpc) is 2.95. The summed E-state index contributed by atoms with van der Waals surface area (Å²) in [6, 6.07) is 5.95. The molecule has 8 heteroatoms. The van der Waals surface area contributed by atoms with Crippen LogP contribution in [-0.4, -0.2) is 24.1 Å². The third kappa shape index (κ3) is 3.23. The predicted octanol–water partition coefficient (Wildman–Crippen LogP) is 2.50. The SMILES string of the molecule is COc1cc(F)c([C@H]2CC(=O)N(c3cccn(C(C)F)c3=O)C2)c(P)c1. The number of hydrogen-bond donors (Lipinski definition) is 0. The van der Waals surface area contributed by atoms with Crippen LogP contribution in [0.1, 0.15) is 31.1 Å². The zero-order valence-corrected chi connectivity index (χ0v) is 15.6. The molecule has 2 unspecified atom stereocenters. The second kappa shape index (κ2) is 7.16. The Morgan fingerprint density at radius 2 is 2.08 bits per heavy atom. The van der Waals surface area contributed by atoms with E-state index < -0.39 is 23.6 Å². The fraction of sp³-hybridized carbons (Fsp3) is 0.333. The number of nitrogens with zero attached hydrogens (tertiary/aromatic N) is 2. The summed E-state index contributed by atoms with van der Waals surface area (Å²) in [6.07, 6.45) is -0.101. The minimum absolute atomic E-state index is 0.0736. The van der Waals surface area contributed by atoms with Crippen LogP contribution in [0.3, 0.4) is 0 Å². The number of benzene rings is 1. The first kappa shape index (κ1) is 18.5. The maximum Gasteiger partial charge on any atom is 0.276 e. The van der Waals surface area contributed by atoms with E-state index in [1.165, 1.54) is 43.3 Å². The number of pyridine rings is 1. The maximum absolute atomic E-state index is 14.5. The van der Waals surface area contributed by atoms with Gasteiger partial charge in [0.05, 0.1) is 7.11 Å². The number of anilines is 1. The highest BCUT2D eigenvalue weighted by Gasteiger charge is 2.35. The highest BCUT2D eigenvalue weighted by Crippen LogP contribution is 2.33. The molecule has 1 fully saturated rings. The topological polar surface area (TPSA) is 51.5 Å². The second-order valence-corrected chi connectivity index (χ2v) is 6.82. The fourth-order valence-corrected chi connectivity index (χ4v) is 3.82. The van der Waals surface area contributed by atoms with Crippen LogP contribution in [0.25, 0.3) is 0 Å². The number of alkyl halides is 1. The molecule has 0 N–H and O–H groups in total. The number of halogens is 2. The maximum atomic E-state index is 14.5. The molecule has 0 aliphatic carbocycles. The third-order valence-corrected chi connectivity index (χ3v) is 5.01. The lowest BCUT2D eigenvalue weighted by atomic mass is 9.97. The van der Waals surface area contributed by atoms with Gasteiger partial charge < -0.3 is 9.64 Å². The summed E-state index contributed by atoms with van der Waals surface area (Å²) < 4.78 is 34.1. The number of hydrogen-bond acceptors (Lipinski definition) is 3.